The number of amides is 2. The summed E-state index contributed by atoms with van der Waals surface area (Å²) in [6.07, 6.45) is 1.33. The van der Waals surface area contributed by atoms with Crippen LogP contribution in [-0.4, -0.2) is 29.0 Å². The minimum atomic E-state index is -0.638. The van der Waals surface area contributed by atoms with Crippen LogP contribution in [0.25, 0.3) is 17.4 Å². The first-order valence-corrected chi connectivity index (χ1v) is 10.5. The number of carbonyl (C=O) groups excluding carboxylic acids is 2. The summed E-state index contributed by atoms with van der Waals surface area (Å²) in [5.74, 6) is -0.377. The fourth-order valence-corrected chi connectivity index (χ4v) is 3.97. The van der Waals surface area contributed by atoms with Gasteiger partial charge in [0.15, 0.2) is 5.11 Å². The van der Waals surface area contributed by atoms with E-state index < -0.39 is 16.7 Å². The predicted molar refractivity (Wildman–Crippen MR) is 129 cm³/mol. The standard InChI is InChI=1S/C24H19N3O6S/c1-13-8-14(2)10-16(9-13)26-23(29)19(22(28)25-24(26)34)12-17-5-7-20(33-17)18-6-4-15(27(30)31)11-21(18)32-3/h4-12H,1-3H3,(H,25,28,34)/b19-12-. The number of benzene rings is 2. The Morgan fingerprint density at radius 3 is 2.44 bits per heavy atom. The lowest BCUT2D eigenvalue weighted by atomic mass is 10.1. The van der Waals surface area contributed by atoms with E-state index in [1.54, 1.807) is 24.3 Å². The van der Waals surface area contributed by atoms with Gasteiger partial charge in [0.25, 0.3) is 17.5 Å². The summed E-state index contributed by atoms with van der Waals surface area (Å²) in [7, 11) is 1.39. The molecule has 1 fully saturated rings. The Hall–Kier alpha value is -4.31. The van der Waals surface area contributed by atoms with E-state index in [1.807, 2.05) is 19.9 Å². The molecular formula is C24H19N3O6S. The first-order chi connectivity index (χ1) is 16.2. The number of rotatable bonds is 5. The molecule has 1 aromatic heterocycles. The van der Waals surface area contributed by atoms with Gasteiger partial charge in [-0.15, -0.1) is 0 Å². The number of nitrogens with one attached hydrogen (secondary N) is 1. The second kappa shape index (κ2) is 8.91. The smallest absolute Gasteiger partial charge is 0.273 e. The highest BCUT2D eigenvalue weighted by atomic mass is 32.1. The molecule has 4 rings (SSSR count). The Labute approximate surface area is 199 Å². The van der Waals surface area contributed by atoms with Crippen molar-refractivity contribution in [3.05, 3.63) is 81.1 Å². The van der Waals surface area contributed by atoms with Crippen LogP contribution in [0.5, 0.6) is 5.75 Å². The van der Waals surface area contributed by atoms with Gasteiger partial charge in [-0.25, -0.2) is 0 Å². The van der Waals surface area contributed by atoms with Crippen molar-refractivity contribution in [2.24, 2.45) is 0 Å². The lowest BCUT2D eigenvalue weighted by molar-refractivity contribution is -0.384. The fourth-order valence-electron chi connectivity index (χ4n) is 3.69. The Bertz CT molecular complexity index is 1370. The summed E-state index contributed by atoms with van der Waals surface area (Å²) in [5.41, 5.74) is 2.65. The van der Waals surface area contributed by atoms with Crippen molar-refractivity contribution in [3.63, 3.8) is 0 Å². The summed E-state index contributed by atoms with van der Waals surface area (Å²) in [4.78, 5) is 37.6. The number of furan rings is 1. The van der Waals surface area contributed by atoms with Gasteiger partial charge in [-0.05, 0) is 73.6 Å². The molecule has 0 radical (unpaired) electrons. The van der Waals surface area contributed by atoms with Crippen LogP contribution in [0, 0.1) is 24.0 Å². The van der Waals surface area contributed by atoms with Crippen LogP contribution in [0.1, 0.15) is 16.9 Å². The average Bonchev–Trinajstić information content (AvgIpc) is 3.23. The number of aryl methyl sites for hydroxylation is 2. The molecule has 1 N–H and O–H groups in total. The average molecular weight is 477 g/mol. The molecule has 172 valence electrons. The molecule has 0 spiro atoms. The molecule has 1 saturated heterocycles. The Kier molecular flexibility index (Phi) is 5.99. The van der Waals surface area contributed by atoms with E-state index in [9.17, 15) is 19.7 Å². The zero-order chi connectivity index (χ0) is 24.6. The zero-order valence-electron chi connectivity index (χ0n) is 18.4. The van der Waals surface area contributed by atoms with Gasteiger partial charge in [-0.1, -0.05) is 6.07 Å². The molecule has 9 nitrogen and oxygen atoms in total. The van der Waals surface area contributed by atoms with E-state index in [4.69, 9.17) is 21.4 Å². The summed E-state index contributed by atoms with van der Waals surface area (Å²) >= 11 is 5.25. The number of hydrogen-bond donors (Lipinski definition) is 1. The molecule has 2 heterocycles. The number of carbonyl (C=O) groups is 2. The van der Waals surface area contributed by atoms with E-state index in [1.165, 1.54) is 36.3 Å². The predicted octanol–water partition coefficient (Wildman–Crippen LogP) is 4.31. The minimum Gasteiger partial charge on any atom is -0.496 e. The summed E-state index contributed by atoms with van der Waals surface area (Å²) < 4.78 is 11.1. The first kappa shape index (κ1) is 22.9. The van der Waals surface area contributed by atoms with Crippen molar-refractivity contribution in [1.29, 1.82) is 0 Å². The van der Waals surface area contributed by atoms with Gasteiger partial charge in [-0.3, -0.25) is 29.9 Å². The third kappa shape index (κ3) is 4.30. The molecular weight excluding hydrogens is 458 g/mol. The summed E-state index contributed by atoms with van der Waals surface area (Å²) in [5, 5.41) is 13.6. The van der Waals surface area contributed by atoms with Crippen LogP contribution in [0.3, 0.4) is 0 Å². The van der Waals surface area contributed by atoms with Gasteiger partial charge >= 0.3 is 0 Å². The Morgan fingerprint density at radius 2 is 1.79 bits per heavy atom. The number of thiocarbonyl (C=S) groups is 1. The van der Waals surface area contributed by atoms with Crippen LogP contribution < -0.4 is 15.0 Å². The molecule has 2 amide bonds. The van der Waals surface area contributed by atoms with Crippen LogP contribution in [0.2, 0.25) is 0 Å². The number of nitro benzene ring substituents is 1. The molecule has 2 aromatic carbocycles. The fraction of sp³-hybridized carbons (Fsp3) is 0.125. The number of methoxy groups -OCH3 is 1. The Balaban J connectivity index is 1.69. The van der Waals surface area contributed by atoms with E-state index >= 15 is 0 Å². The largest absolute Gasteiger partial charge is 0.496 e. The number of non-ortho nitro benzene ring substituents is 1. The van der Waals surface area contributed by atoms with Gasteiger partial charge in [0.05, 0.1) is 29.4 Å². The van der Waals surface area contributed by atoms with E-state index in [0.717, 1.165) is 11.1 Å². The molecule has 34 heavy (non-hydrogen) atoms. The first-order valence-electron chi connectivity index (χ1n) is 10.1. The van der Waals surface area contributed by atoms with Crippen LogP contribution >= 0.6 is 12.2 Å². The second-order valence-corrected chi connectivity index (χ2v) is 8.03. The highest BCUT2D eigenvalue weighted by Crippen LogP contribution is 2.35. The van der Waals surface area contributed by atoms with Crippen molar-refractivity contribution < 1.29 is 23.7 Å². The SMILES string of the molecule is COc1cc([N+](=O)[O-])ccc1-c1ccc(/C=C2/C(=O)NC(=S)N(c3cc(C)cc(C)c3)C2=O)o1. The van der Waals surface area contributed by atoms with Crippen LogP contribution in [0.4, 0.5) is 11.4 Å². The maximum Gasteiger partial charge on any atom is 0.273 e. The van der Waals surface area contributed by atoms with Crippen LogP contribution in [0.15, 0.2) is 58.5 Å². The molecule has 0 atom stereocenters. The van der Waals surface area contributed by atoms with Gasteiger partial charge in [0, 0.05) is 6.07 Å². The summed E-state index contributed by atoms with van der Waals surface area (Å²) in [6, 6.07) is 12.9. The molecule has 3 aromatic rings. The lowest BCUT2D eigenvalue weighted by Crippen LogP contribution is -2.54. The molecule has 0 bridgehead atoms. The Morgan fingerprint density at radius 1 is 1.09 bits per heavy atom. The highest BCUT2D eigenvalue weighted by Gasteiger charge is 2.35. The number of anilines is 1. The van der Waals surface area contributed by atoms with Gasteiger partial charge < -0.3 is 9.15 Å². The van der Waals surface area contributed by atoms with Gasteiger partial charge in [-0.2, -0.15) is 0 Å². The van der Waals surface area contributed by atoms with Gasteiger partial charge in [0.1, 0.15) is 22.8 Å². The second-order valence-electron chi connectivity index (χ2n) is 7.65. The molecule has 0 saturated carbocycles. The van der Waals surface area contributed by atoms with Crippen LogP contribution in [-0.2, 0) is 9.59 Å². The zero-order valence-corrected chi connectivity index (χ0v) is 19.3. The van der Waals surface area contributed by atoms with E-state index in [2.05, 4.69) is 5.32 Å². The summed E-state index contributed by atoms with van der Waals surface area (Å²) in [6.45, 7) is 3.81. The van der Waals surface area contributed by atoms with Crippen molar-refractivity contribution in [2.75, 3.05) is 12.0 Å². The highest BCUT2D eigenvalue weighted by molar-refractivity contribution is 7.80. The molecule has 1 aliphatic heterocycles. The number of nitrogens with zero attached hydrogens (tertiary/aromatic N) is 2. The number of nitro groups is 1. The van der Waals surface area contributed by atoms with Crippen molar-refractivity contribution in [2.45, 2.75) is 13.8 Å². The lowest BCUT2D eigenvalue weighted by Gasteiger charge is -2.29. The quantitative estimate of drug-likeness (QED) is 0.191. The van der Waals surface area contributed by atoms with E-state index in [0.29, 0.717) is 17.0 Å². The maximum atomic E-state index is 13.2. The van der Waals surface area contributed by atoms with Crippen molar-refractivity contribution >= 4 is 46.6 Å². The van der Waals surface area contributed by atoms with Crippen molar-refractivity contribution in [3.8, 4) is 17.1 Å². The van der Waals surface area contributed by atoms with Crippen molar-refractivity contribution in [1.82, 2.24) is 5.32 Å². The minimum absolute atomic E-state index is 0.00657. The molecule has 0 aliphatic carbocycles. The molecule has 10 heteroatoms. The van der Waals surface area contributed by atoms with E-state index in [-0.39, 0.29) is 27.9 Å². The topological polar surface area (TPSA) is 115 Å². The maximum absolute atomic E-state index is 13.2. The monoisotopic (exact) mass is 477 g/mol. The third-order valence-corrected chi connectivity index (χ3v) is 5.43. The normalized spacial score (nSPS) is 15.0. The van der Waals surface area contributed by atoms with Gasteiger partial charge in [0.2, 0.25) is 0 Å². The third-order valence-electron chi connectivity index (χ3n) is 5.14. The molecule has 1 aliphatic rings. The number of ether oxygens (including phenoxy) is 1. The molecule has 0 unspecified atom stereocenters. The number of hydrogen-bond acceptors (Lipinski definition) is 7.